The lowest BCUT2D eigenvalue weighted by Gasteiger charge is -2.21. The quantitative estimate of drug-likeness (QED) is 0.216. The number of carbonyl (C=O) groups excluding carboxylic acids is 2. The normalized spacial score (nSPS) is 11.9. The van der Waals surface area contributed by atoms with Gasteiger partial charge in [0.05, 0.1) is 11.1 Å². The third kappa shape index (κ3) is 4.00. The van der Waals surface area contributed by atoms with Crippen molar-refractivity contribution in [1.29, 1.82) is 0 Å². The number of nitrogens with zero attached hydrogens (tertiary/aromatic N) is 3. The van der Waals surface area contributed by atoms with Gasteiger partial charge in [0.25, 0.3) is 5.78 Å². The third-order valence-corrected chi connectivity index (χ3v) is 10.8. The fourth-order valence-electron chi connectivity index (χ4n) is 3.59. The molecule has 2 rings (SSSR count). The number of carbonyl (C=O) groups is 2. The van der Waals surface area contributed by atoms with Crippen molar-refractivity contribution in [2.75, 3.05) is 0 Å². The Morgan fingerprint density at radius 2 is 1.68 bits per heavy atom. The summed E-state index contributed by atoms with van der Waals surface area (Å²) in [4.78, 5) is 29.6. The molecule has 1 aromatic heterocycles. The first-order valence-electron chi connectivity index (χ1n) is 9.74. The van der Waals surface area contributed by atoms with E-state index < -0.39 is 19.8 Å². The Kier molecular flexibility index (Phi) is 6.42. The molecule has 0 amide bonds. The fraction of sp³-hybridized carbons (Fsp3) is 0.476. The lowest BCUT2D eigenvalue weighted by Crippen LogP contribution is -2.47. The minimum absolute atomic E-state index is 0.270. The fourth-order valence-corrected chi connectivity index (χ4v) is 6.93. The third-order valence-electron chi connectivity index (χ3n) is 5.39. The van der Waals surface area contributed by atoms with Gasteiger partial charge in [-0.15, -0.1) is 0 Å². The summed E-state index contributed by atoms with van der Waals surface area (Å²) in [5.74, 6) is -0.307. The largest absolute Gasteiger partial charge is 0.443 e. The molecule has 2 aromatic rings. The van der Waals surface area contributed by atoms with E-state index in [1.54, 1.807) is 32.9 Å². The Balaban J connectivity index is 2.63. The number of rotatable bonds is 6. The van der Waals surface area contributed by atoms with Crippen LogP contribution in [0.1, 0.15) is 51.9 Å². The Bertz CT molecular complexity index is 937. The first-order chi connectivity index (χ1) is 13.1. The van der Waals surface area contributed by atoms with Crippen molar-refractivity contribution < 1.29 is 19.1 Å². The highest BCUT2D eigenvalue weighted by atomic mass is 28.3. The number of fused-ring (bicyclic) bond motifs is 1. The Labute approximate surface area is 167 Å². The van der Waals surface area contributed by atoms with E-state index in [0.29, 0.717) is 16.5 Å². The van der Waals surface area contributed by atoms with E-state index >= 15 is 0 Å². The molecule has 0 unspecified atom stereocenters. The van der Waals surface area contributed by atoms with E-state index in [-0.39, 0.29) is 11.1 Å². The van der Waals surface area contributed by atoms with Crippen LogP contribution in [0, 0.1) is 0 Å². The average molecular weight is 400 g/mol. The highest BCUT2D eigenvalue weighted by Crippen LogP contribution is 2.28. The summed E-state index contributed by atoms with van der Waals surface area (Å²) in [6, 6.07) is 9.64. The van der Waals surface area contributed by atoms with Crippen LogP contribution in [0.3, 0.4) is 0 Å². The van der Waals surface area contributed by atoms with Crippen molar-refractivity contribution in [3.05, 3.63) is 41.6 Å². The number of hydrogen-bond acceptors (Lipinski definition) is 3. The maximum absolute atomic E-state index is 13.4. The molecule has 0 aliphatic rings. The zero-order valence-electron chi connectivity index (χ0n) is 17.6. The van der Waals surface area contributed by atoms with Gasteiger partial charge < -0.3 is 10.3 Å². The van der Waals surface area contributed by atoms with E-state index in [9.17, 15) is 15.1 Å². The van der Waals surface area contributed by atoms with Crippen LogP contribution in [0.5, 0.6) is 0 Å². The summed E-state index contributed by atoms with van der Waals surface area (Å²) in [5, 5.41) is 0.915. The topological polar surface area (TPSA) is 84.7 Å². The van der Waals surface area contributed by atoms with Gasteiger partial charge in [-0.05, 0) is 45.0 Å². The molecule has 0 aliphatic carbocycles. The summed E-state index contributed by atoms with van der Waals surface area (Å²) in [7, 11) is -2.21. The molecule has 0 fully saturated rings. The maximum atomic E-state index is 13.4. The minimum atomic E-state index is -2.21. The molecular formula is C21H29N3O3Si. The number of para-hydroxylation sites is 1. The van der Waals surface area contributed by atoms with Crippen LogP contribution in [-0.2, 0) is 4.74 Å². The number of aromatic nitrogens is 1. The number of Topliss-reactive ketones (excluding diaryl/α,β-unsaturated/α-hetero) is 1. The van der Waals surface area contributed by atoms with Crippen LogP contribution in [0.4, 0.5) is 4.79 Å². The number of ether oxygens (including phenoxy) is 1. The zero-order valence-corrected chi connectivity index (χ0v) is 18.6. The van der Waals surface area contributed by atoms with Crippen molar-refractivity contribution >= 4 is 36.2 Å². The van der Waals surface area contributed by atoms with Gasteiger partial charge >= 0.3 is 11.4 Å². The van der Waals surface area contributed by atoms with E-state index in [2.05, 4.69) is 4.79 Å². The summed E-state index contributed by atoms with van der Waals surface area (Å²) in [6.45, 7) is 11.5. The Hall–Kier alpha value is -2.50. The van der Waals surface area contributed by atoms with Crippen molar-refractivity contribution in [2.24, 2.45) is 0 Å². The molecule has 1 heterocycles. The summed E-state index contributed by atoms with van der Waals surface area (Å²) in [6.07, 6.45) is 0.960. The van der Waals surface area contributed by atoms with Gasteiger partial charge in [0.2, 0.25) is 0 Å². The number of ketones is 1. The van der Waals surface area contributed by atoms with E-state index in [0.717, 1.165) is 18.1 Å². The molecule has 1 aromatic carbocycles. The van der Waals surface area contributed by atoms with Crippen molar-refractivity contribution in [1.82, 2.24) is 4.57 Å². The number of hydrogen-bond donors (Lipinski definition) is 0. The summed E-state index contributed by atoms with van der Waals surface area (Å²) >= 11 is 0. The van der Waals surface area contributed by atoms with Crippen LogP contribution in [0.15, 0.2) is 30.5 Å². The van der Waals surface area contributed by atoms with E-state index in [4.69, 9.17) is 4.74 Å². The highest BCUT2D eigenvalue weighted by molar-refractivity contribution is 7.14. The van der Waals surface area contributed by atoms with Crippen LogP contribution < -0.4 is 0 Å². The maximum Gasteiger partial charge on any atom is 0.419 e. The molecule has 7 heteroatoms. The van der Waals surface area contributed by atoms with Gasteiger partial charge in [-0.3, -0.25) is 9.36 Å². The molecule has 150 valence electrons. The van der Waals surface area contributed by atoms with Gasteiger partial charge in [0, 0.05) is 11.6 Å². The molecule has 0 N–H and O–H groups in total. The predicted octanol–water partition coefficient (Wildman–Crippen LogP) is 5.33. The van der Waals surface area contributed by atoms with Crippen molar-refractivity contribution in [2.45, 2.75) is 65.3 Å². The summed E-state index contributed by atoms with van der Waals surface area (Å²) < 4.78 is 6.84. The zero-order chi connectivity index (χ0) is 21.1. The lowest BCUT2D eigenvalue weighted by molar-refractivity contribution is -0.00263. The van der Waals surface area contributed by atoms with Gasteiger partial charge in [0.15, 0.2) is 8.07 Å². The average Bonchev–Trinajstić information content (AvgIpc) is 3.04. The second-order valence-electron chi connectivity index (χ2n) is 8.03. The van der Waals surface area contributed by atoms with Crippen molar-refractivity contribution in [3.8, 4) is 0 Å². The first kappa shape index (κ1) is 21.8. The SMILES string of the molecule is CC[Si](CC)(CC)C(=[N+]=[N-])C(=O)c1cn(C(=O)OC(C)(C)C)c2ccccc12. The van der Waals surface area contributed by atoms with E-state index in [1.807, 2.05) is 32.9 Å². The van der Waals surface area contributed by atoms with Crippen LogP contribution >= 0.6 is 0 Å². The standard InChI is InChI=1S/C21H29N3O3Si/c1-7-28(8-2,9-3)19(23-22)18(25)16-14-24(20(26)27-21(4,5)6)17-13-11-10-12-15(16)17/h10-14H,7-9H2,1-6H3. The van der Waals surface area contributed by atoms with Gasteiger partial charge in [-0.1, -0.05) is 39.0 Å². The van der Waals surface area contributed by atoms with Crippen LogP contribution in [0.2, 0.25) is 18.1 Å². The molecule has 0 radical (unpaired) electrons. The Morgan fingerprint density at radius 1 is 1.11 bits per heavy atom. The molecule has 0 aliphatic heterocycles. The van der Waals surface area contributed by atoms with Gasteiger partial charge in [-0.2, -0.15) is 4.79 Å². The lowest BCUT2D eigenvalue weighted by atomic mass is 10.1. The van der Waals surface area contributed by atoms with Crippen LogP contribution in [0.25, 0.3) is 16.4 Å². The van der Waals surface area contributed by atoms with Gasteiger partial charge in [0.1, 0.15) is 5.60 Å². The molecular weight excluding hydrogens is 370 g/mol. The predicted molar refractivity (Wildman–Crippen MR) is 114 cm³/mol. The highest BCUT2D eigenvalue weighted by Gasteiger charge is 2.46. The minimum Gasteiger partial charge on any atom is -0.443 e. The molecule has 6 nitrogen and oxygen atoms in total. The van der Waals surface area contributed by atoms with E-state index in [1.165, 1.54) is 10.8 Å². The molecule has 0 spiro atoms. The molecule has 28 heavy (non-hydrogen) atoms. The second-order valence-corrected chi connectivity index (χ2v) is 13.2. The molecule has 0 saturated carbocycles. The molecule has 0 saturated heterocycles. The monoisotopic (exact) mass is 399 g/mol. The smallest absolute Gasteiger partial charge is 0.419 e. The first-order valence-corrected chi connectivity index (χ1v) is 12.4. The molecule has 0 bridgehead atoms. The molecule has 0 atom stereocenters. The van der Waals surface area contributed by atoms with Gasteiger partial charge in [-0.25, -0.2) is 4.79 Å². The van der Waals surface area contributed by atoms with Crippen LogP contribution in [-0.4, -0.2) is 40.2 Å². The van der Waals surface area contributed by atoms with Crippen molar-refractivity contribution in [3.63, 3.8) is 0 Å². The Morgan fingerprint density at radius 3 is 2.18 bits per heavy atom. The summed E-state index contributed by atoms with van der Waals surface area (Å²) in [5.41, 5.74) is 10.0. The second kappa shape index (κ2) is 8.25. The number of benzene rings is 1.